The molecule has 0 saturated carbocycles. The lowest BCUT2D eigenvalue weighted by atomic mass is 10.1. The minimum atomic E-state index is -0.909. The van der Waals surface area contributed by atoms with Crippen molar-refractivity contribution in [2.24, 2.45) is 0 Å². The monoisotopic (exact) mass is 777 g/mol. The van der Waals surface area contributed by atoms with Crippen molar-refractivity contribution in [1.29, 1.82) is 0 Å². The van der Waals surface area contributed by atoms with E-state index in [1.807, 2.05) is 0 Å². The molecule has 0 radical (unpaired) electrons. The number of hydrogen-bond donors (Lipinski definition) is 1. The fourth-order valence-electron chi connectivity index (χ4n) is 6.46. The summed E-state index contributed by atoms with van der Waals surface area (Å²) < 4.78 is 16.3. The molecule has 0 fully saturated rings. The molecule has 320 valence electrons. The van der Waals surface area contributed by atoms with E-state index in [1.54, 1.807) is 0 Å². The topological polar surface area (TPSA) is 116 Å². The molecule has 0 rings (SSSR count). The average Bonchev–Trinajstić information content (AvgIpc) is 3.17. The second-order valence-corrected chi connectivity index (χ2v) is 15.5. The van der Waals surface area contributed by atoms with E-state index in [9.17, 15) is 19.2 Å². The highest BCUT2D eigenvalue weighted by Gasteiger charge is 2.19. The maximum atomic E-state index is 12.4. The maximum absolute atomic E-state index is 12.4. The zero-order chi connectivity index (χ0) is 40.3. The molecule has 0 aliphatic heterocycles. The molecule has 0 heterocycles. The summed E-state index contributed by atoms with van der Waals surface area (Å²) in [5, 5.41) is 8.83. The first kappa shape index (κ1) is 52.4. The zero-order valence-electron chi connectivity index (χ0n) is 35.6. The van der Waals surface area contributed by atoms with Gasteiger partial charge in [0.25, 0.3) is 0 Å². The first-order valence-electron chi connectivity index (χ1n) is 22.9. The van der Waals surface area contributed by atoms with E-state index in [2.05, 4.69) is 38.2 Å². The average molecular weight is 777 g/mol. The fourth-order valence-corrected chi connectivity index (χ4v) is 6.46. The molecule has 0 aromatic heterocycles. The van der Waals surface area contributed by atoms with Crippen molar-refractivity contribution in [2.45, 2.75) is 238 Å². The number of allylic oxidation sites excluding steroid dienone is 4. The molecule has 0 aromatic rings. The number of unbranched alkanes of at least 4 members (excludes halogenated alkanes) is 25. The first-order chi connectivity index (χ1) is 26.9. The molecule has 0 spiro atoms. The molecule has 8 heteroatoms. The number of esters is 3. The summed E-state index contributed by atoms with van der Waals surface area (Å²) in [5.74, 6) is -2.14. The summed E-state index contributed by atoms with van der Waals surface area (Å²) in [6.45, 7) is 4.16. The van der Waals surface area contributed by atoms with Gasteiger partial charge in [-0.2, -0.15) is 0 Å². The van der Waals surface area contributed by atoms with Crippen LogP contribution in [0.3, 0.4) is 0 Å². The Morgan fingerprint density at radius 1 is 0.400 bits per heavy atom. The molecule has 8 nitrogen and oxygen atoms in total. The molecule has 0 aliphatic rings. The number of carboxylic acid groups (broad SMARTS) is 1. The Bertz CT molecular complexity index is 959. The summed E-state index contributed by atoms with van der Waals surface area (Å²) in [4.78, 5) is 48.0. The molecule has 55 heavy (non-hydrogen) atoms. The second kappa shape index (κ2) is 42.5. The number of ether oxygens (including phenoxy) is 3. The number of aliphatic carboxylic acids is 1. The van der Waals surface area contributed by atoms with E-state index in [1.165, 1.54) is 109 Å². The fraction of sp³-hybridized carbons (Fsp3) is 0.830. The van der Waals surface area contributed by atoms with Gasteiger partial charge in [-0.3, -0.25) is 19.2 Å². The van der Waals surface area contributed by atoms with E-state index in [4.69, 9.17) is 19.3 Å². The minimum Gasteiger partial charge on any atom is -0.481 e. The largest absolute Gasteiger partial charge is 0.481 e. The van der Waals surface area contributed by atoms with Gasteiger partial charge in [0.2, 0.25) is 0 Å². The highest BCUT2D eigenvalue weighted by atomic mass is 16.6. The van der Waals surface area contributed by atoms with Crippen LogP contribution in [0.2, 0.25) is 0 Å². The molecule has 0 bridgehead atoms. The van der Waals surface area contributed by atoms with Crippen molar-refractivity contribution in [1.82, 2.24) is 0 Å². The van der Waals surface area contributed by atoms with Crippen molar-refractivity contribution in [3.05, 3.63) is 24.3 Å². The highest BCUT2D eigenvalue weighted by molar-refractivity contribution is 5.71. The summed E-state index contributed by atoms with van der Waals surface area (Å²) >= 11 is 0. The smallest absolute Gasteiger partial charge is 0.306 e. The van der Waals surface area contributed by atoms with Gasteiger partial charge in [0.05, 0.1) is 0 Å². The lowest BCUT2D eigenvalue weighted by Crippen LogP contribution is -2.30. The van der Waals surface area contributed by atoms with E-state index < -0.39 is 18.0 Å². The number of rotatable bonds is 42. The van der Waals surface area contributed by atoms with Crippen LogP contribution in [-0.2, 0) is 33.4 Å². The summed E-state index contributed by atoms with van der Waals surface area (Å²) in [5.41, 5.74) is 0. The molecule has 0 aromatic carbocycles. The van der Waals surface area contributed by atoms with Crippen molar-refractivity contribution in [2.75, 3.05) is 13.2 Å². The first-order valence-corrected chi connectivity index (χ1v) is 22.9. The second-order valence-electron chi connectivity index (χ2n) is 15.5. The van der Waals surface area contributed by atoms with Crippen molar-refractivity contribution < 1.29 is 38.5 Å². The van der Waals surface area contributed by atoms with Crippen LogP contribution in [0.1, 0.15) is 232 Å². The third-order valence-corrected chi connectivity index (χ3v) is 9.97. The van der Waals surface area contributed by atoms with Gasteiger partial charge in [0.15, 0.2) is 6.10 Å². The van der Waals surface area contributed by atoms with Gasteiger partial charge in [-0.15, -0.1) is 0 Å². The summed E-state index contributed by atoms with van der Waals surface area (Å²) in [6, 6.07) is 0. The molecule has 0 saturated heterocycles. The van der Waals surface area contributed by atoms with Gasteiger partial charge >= 0.3 is 23.9 Å². The third-order valence-electron chi connectivity index (χ3n) is 9.97. The predicted octanol–water partition coefficient (Wildman–Crippen LogP) is 13.5. The van der Waals surface area contributed by atoms with Crippen molar-refractivity contribution in [3.8, 4) is 0 Å². The number of carbonyl (C=O) groups excluding carboxylic acids is 3. The van der Waals surface area contributed by atoms with Gasteiger partial charge in [-0.05, 0) is 77.0 Å². The normalized spacial score (nSPS) is 12.0. The van der Waals surface area contributed by atoms with Crippen LogP contribution in [0.4, 0.5) is 0 Å². The predicted molar refractivity (Wildman–Crippen MR) is 226 cm³/mol. The van der Waals surface area contributed by atoms with E-state index in [-0.39, 0.29) is 38.0 Å². The quantitative estimate of drug-likeness (QED) is 0.0282. The maximum Gasteiger partial charge on any atom is 0.306 e. The van der Waals surface area contributed by atoms with Crippen LogP contribution >= 0.6 is 0 Å². The van der Waals surface area contributed by atoms with Gasteiger partial charge < -0.3 is 19.3 Å². The van der Waals surface area contributed by atoms with Gasteiger partial charge in [0.1, 0.15) is 13.2 Å². The molecule has 1 unspecified atom stereocenters. The minimum absolute atomic E-state index is 0.0148. The van der Waals surface area contributed by atoms with Crippen LogP contribution in [0, 0.1) is 0 Å². The summed E-state index contributed by atoms with van der Waals surface area (Å²) in [7, 11) is 0. The lowest BCUT2D eigenvalue weighted by molar-refractivity contribution is -0.167. The molecule has 1 atom stereocenters. The van der Waals surface area contributed by atoms with Crippen LogP contribution < -0.4 is 0 Å². The number of hydrogen-bond acceptors (Lipinski definition) is 7. The van der Waals surface area contributed by atoms with Gasteiger partial charge in [0, 0.05) is 25.7 Å². The van der Waals surface area contributed by atoms with Crippen LogP contribution in [0.5, 0.6) is 0 Å². The Hall–Kier alpha value is -2.64. The van der Waals surface area contributed by atoms with Crippen LogP contribution in [0.25, 0.3) is 0 Å². The van der Waals surface area contributed by atoms with Crippen LogP contribution in [0.15, 0.2) is 24.3 Å². The van der Waals surface area contributed by atoms with Crippen molar-refractivity contribution >= 4 is 23.9 Å². The highest BCUT2D eigenvalue weighted by Crippen LogP contribution is 2.14. The number of carboxylic acids is 1. The SMILES string of the molecule is CCCCCCCC/C=C\CCCCCCCC(=O)OCC(COC(=O)CCCCCCCC/C=C\CCCCCCCCC)OC(=O)CCCCC(=O)O. The molecule has 0 aliphatic carbocycles. The van der Waals surface area contributed by atoms with Gasteiger partial charge in [-0.1, -0.05) is 154 Å². The van der Waals surface area contributed by atoms with Gasteiger partial charge in [-0.25, -0.2) is 0 Å². The number of carbonyl (C=O) groups is 4. The molecular formula is C47H84O8. The Morgan fingerprint density at radius 3 is 1.05 bits per heavy atom. The van der Waals surface area contributed by atoms with Crippen molar-refractivity contribution in [3.63, 3.8) is 0 Å². The lowest BCUT2D eigenvalue weighted by Gasteiger charge is -2.18. The zero-order valence-corrected chi connectivity index (χ0v) is 35.6. The summed E-state index contributed by atoms with van der Waals surface area (Å²) in [6.07, 6.45) is 43.3. The van der Waals surface area contributed by atoms with E-state index in [0.717, 1.165) is 70.6 Å². The third kappa shape index (κ3) is 42.3. The Kier molecular flexibility index (Phi) is 40.5. The molecule has 1 N–H and O–H groups in total. The van der Waals surface area contributed by atoms with E-state index in [0.29, 0.717) is 25.7 Å². The van der Waals surface area contributed by atoms with Crippen LogP contribution in [-0.4, -0.2) is 48.3 Å². The standard InChI is InChI=1S/C47H84O8/c1-3-5-7-9-11-13-15-17-19-20-22-24-26-28-30-32-34-39-46(51)54-42-43(55-47(52)40-36-35-37-44(48)49)41-53-45(50)38-33-31-29-27-25-23-21-18-16-14-12-10-8-6-4-2/h18-21,43H,3-17,22-42H2,1-2H3,(H,48,49)/b20-19-,21-18-. The molecular weight excluding hydrogens is 693 g/mol. The Morgan fingerprint density at radius 2 is 0.691 bits per heavy atom. The molecule has 0 amide bonds. The Labute approximate surface area is 337 Å². The Balaban J connectivity index is 4.17. The van der Waals surface area contributed by atoms with E-state index >= 15 is 0 Å².